The molecule has 2 rings (SSSR count). The Bertz CT molecular complexity index is 678. The van der Waals surface area contributed by atoms with Crippen LogP contribution in [0, 0.1) is 27.7 Å². The number of aryl methyl sites for hydroxylation is 4. The van der Waals surface area contributed by atoms with Gasteiger partial charge in [-0.1, -0.05) is 17.7 Å². The summed E-state index contributed by atoms with van der Waals surface area (Å²) in [6, 6.07) is 3.81. The van der Waals surface area contributed by atoms with Crippen molar-refractivity contribution in [1.82, 2.24) is 9.97 Å². The van der Waals surface area contributed by atoms with Crippen LogP contribution in [0.3, 0.4) is 0 Å². The van der Waals surface area contributed by atoms with Crippen molar-refractivity contribution in [3.8, 4) is 0 Å². The first-order valence-corrected chi connectivity index (χ1v) is 7.46. The van der Waals surface area contributed by atoms with Crippen LogP contribution >= 0.6 is 0 Å². The highest BCUT2D eigenvalue weighted by Gasteiger charge is 2.14. The molecule has 0 aliphatic heterocycles. The highest BCUT2D eigenvalue weighted by atomic mass is 16.2. The van der Waals surface area contributed by atoms with Crippen molar-refractivity contribution in [2.75, 3.05) is 5.32 Å². The van der Waals surface area contributed by atoms with Gasteiger partial charge >= 0.3 is 0 Å². The Morgan fingerprint density at radius 3 is 2.41 bits per heavy atom. The van der Waals surface area contributed by atoms with Crippen LogP contribution in [0.25, 0.3) is 0 Å². The summed E-state index contributed by atoms with van der Waals surface area (Å²) in [6.07, 6.45) is 0.744. The van der Waals surface area contributed by atoms with Gasteiger partial charge in [0.25, 0.3) is 0 Å². The first kappa shape index (κ1) is 16.2. The molecule has 0 saturated heterocycles. The number of anilines is 1. The molecule has 4 N–H and O–H groups in total. The van der Waals surface area contributed by atoms with Crippen molar-refractivity contribution in [3.63, 3.8) is 0 Å². The largest absolute Gasteiger partial charge is 0.328 e. The van der Waals surface area contributed by atoms with E-state index in [4.69, 9.17) is 5.73 Å². The van der Waals surface area contributed by atoms with Gasteiger partial charge in [-0.25, -0.2) is 4.98 Å². The van der Waals surface area contributed by atoms with E-state index in [1.807, 2.05) is 6.92 Å². The fraction of sp³-hybridized carbons (Fsp3) is 0.412. The van der Waals surface area contributed by atoms with Crippen LogP contribution in [0.2, 0.25) is 0 Å². The van der Waals surface area contributed by atoms with E-state index in [0.717, 1.165) is 17.8 Å². The molecule has 1 atom stereocenters. The van der Waals surface area contributed by atoms with Crippen molar-refractivity contribution in [2.45, 2.75) is 47.1 Å². The van der Waals surface area contributed by atoms with Crippen molar-refractivity contribution < 1.29 is 4.79 Å². The van der Waals surface area contributed by atoms with E-state index in [1.54, 1.807) is 6.92 Å². The summed E-state index contributed by atoms with van der Waals surface area (Å²) in [5.41, 5.74) is 12.5. The number of carbonyl (C=O) groups is 1. The van der Waals surface area contributed by atoms with E-state index in [0.29, 0.717) is 5.95 Å². The summed E-state index contributed by atoms with van der Waals surface area (Å²) in [5.74, 6) is 0.209. The normalized spacial score (nSPS) is 12.3. The molecule has 0 aliphatic rings. The number of rotatable bonds is 4. The highest BCUT2D eigenvalue weighted by molar-refractivity contribution is 5.92. The van der Waals surface area contributed by atoms with Gasteiger partial charge in [0.1, 0.15) is 0 Å². The molecule has 1 heterocycles. The predicted molar refractivity (Wildman–Crippen MR) is 89.1 cm³/mol. The second kappa shape index (κ2) is 6.32. The molecule has 1 aromatic heterocycles. The summed E-state index contributed by atoms with van der Waals surface area (Å²) in [5, 5.41) is 2.70. The van der Waals surface area contributed by atoms with Crippen LogP contribution in [-0.4, -0.2) is 21.9 Å². The number of aromatic nitrogens is 2. The van der Waals surface area contributed by atoms with Gasteiger partial charge in [-0.3, -0.25) is 10.1 Å². The zero-order chi connectivity index (χ0) is 16.4. The standard InChI is InChI=1S/C17H24N4O/c1-9-6-10(2)14(11(3)7-9)8-15-13(5)19-17(20-15)21-16(22)12(4)18/h6-7,12H,8,18H2,1-5H3,(H2,19,20,21,22)/t12-/m0/s1. The number of carbonyl (C=O) groups excluding carboxylic acids is 1. The highest BCUT2D eigenvalue weighted by Crippen LogP contribution is 2.21. The Morgan fingerprint density at radius 1 is 1.27 bits per heavy atom. The van der Waals surface area contributed by atoms with E-state index < -0.39 is 6.04 Å². The van der Waals surface area contributed by atoms with Crippen LogP contribution in [0.1, 0.15) is 40.6 Å². The van der Waals surface area contributed by atoms with Crippen LogP contribution in [0.5, 0.6) is 0 Å². The average molecular weight is 300 g/mol. The molecule has 1 amide bonds. The molecule has 0 radical (unpaired) electrons. The van der Waals surface area contributed by atoms with E-state index in [-0.39, 0.29) is 5.91 Å². The van der Waals surface area contributed by atoms with E-state index in [1.165, 1.54) is 22.3 Å². The molecular weight excluding hydrogens is 276 g/mol. The number of nitrogens with two attached hydrogens (primary N) is 1. The molecule has 2 aromatic rings. The minimum absolute atomic E-state index is 0.247. The van der Waals surface area contributed by atoms with Crippen LogP contribution in [-0.2, 0) is 11.2 Å². The lowest BCUT2D eigenvalue weighted by molar-refractivity contribution is -0.117. The smallest absolute Gasteiger partial charge is 0.243 e. The Labute approximate surface area is 131 Å². The number of aromatic amines is 1. The van der Waals surface area contributed by atoms with Gasteiger partial charge in [-0.2, -0.15) is 0 Å². The molecule has 22 heavy (non-hydrogen) atoms. The maximum absolute atomic E-state index is 11.6. The van der Waals surface area contributed by atoms with Crippen LogP contribution in [0.15, 0.2) is 12.1 Å². The maximum Gasteiger partial charge on any atom is 0.243 e. The fourth-order valence-electron chi connectivity index (χ4n) is 2.61. The number of nitrogens with zero attached hydrogens (tertiary/aromatic N) is 1. The number of hydrogen-bond donors (Lipinski definition) is 3. The second-order valence-electron chi connectivity index (χ2n) is 5.99. The number of H-pyrrole nitrogens is 1. The SMILES string of the molecule is Cc1cc(C)c(Cc2nc(NC(=O)[C@H](C)N)[nH]c2C)c(C)c1. The molecule has 1 aromatic carbocycles. The lowest BCUT2D eigenvalue weighted by Crippen LogP contribution is -2.32. The lowest BCUT2D eigenvalue weighted by atomic mass is 9.96. The summed E-state index contributed by atoms with van der Waals surface area (Å²) in [7, 11) is 0. The molecule has 0 unspecified atom stereocenters. The average Bonchev–Trinajstić information content (AvgIpc) is 2.73. The van der Waals surface area contributed by atoms with E-state index in [2.05, 4.69) is 48.2 Å². The zero-order valence-corrected chi connectivity index (χ0v) is 13.9. The van der Waals surface area contributed by atoms with Crippen LogP contribution < -0.4 is 11.1 Å². The molecule has 5 nitrogen and oxygen atoms in total. The molecule has 0 fully saturated rings. The number of amides is 1. The molecular formula is C17H24N4O. The Hall–Kier alpha value is -2.14. The first-order chi connectivity index (χ1) is 10.3. The number of benzene rings is 1. The predicted octanol–water partition coefficient (Wildman–Crippen LogP) is 2.52. The topological polar surface area (TPSA) is 83.8 Å². The number of nitrogens with one attached hydrogen (secondary N) is 2. The monoisotopic (exact) mass is 300 g/mol. The van der Waals surface area contributed by atoms with Gasteiger partial charge < -0.3 is 10.7 Å². The molecule has 118 valence electrons. The van der Waals surface area contributed by atoms with Crippen LogP contribution in [0.4, 0.5) is 5.95 Å². The number of hydrogen-bond acceptors (Lipinski definition) is 3. The molecule has 0 saturated carbocycles. The van der Waals surface area contributed by atoms with E-state index >= 15 is 0 Å². The Morgan fingerprint density at radius 2 is 1.86 bits per heavy atom. The van der Waals surface area contributed by atoms with Gasteiger partial charge in [0.15, 0.2) is 0 Å². The minimum Gasteiger partial charge on any atom is -0.328 e. The summed E-state index contributed by atoms with van der Waals surface area (Å²) >= 11 is 0. The van der Waals surface area contributed by atoms with Gasteiger partial charge in [0.05, 0.1) is 11.7 Å². The zero-order valence-electron chi connectivity index (χ0n) is 13.9. The van der Waals surface area contributed by atoms with E-state index in [9.17, 15) is 4.79 Å². The van der Waals surface area contributed by atoms with Crippen molar-refractivity contribution in [3.05, 3.63) is 45.8 Å². The Kier molecular flexibility index (Phi) is 4.66. The van der Waals surface area contributed by atoms with Gasteiger partial charge in [0, 0.05) is 12.1 Å². The quantitative estimate of drug-likeness (QED) is 0.811. The maximum atomic E-state index is 11.6. The molecule has 0 spiro atoms. The third-order valence-electron chi connectivity index (χ3n) is 3.83. The third-order valence-corrected chi connectivity index (χ3v) is 3.83. The summed E-state index contributed by atoms with van der Waals surface area (Å²) < 4.78 is 0. The molecule has 0 bridgehead atoms. The second-order valence-corrected chi connectivity index (χ2v) is 5.99. The minimum atomic E-state index is -0.560. The third kappa shape index (κ3) is 3.54. The summed E-state index contributed by atoms with van der Waals surface area (Å²) in [4.78, 5) is 19.2. The lowest BCUT2D eigenvalue weighted by Gasteiger charge is -2.10. The number of imidazole rings is 1. The van der Waals surface area contributed by atoms with Crippen molar-refractivity contribution >= 4 is 11.9 Å². The van der Waals surface area contributed by atoms with Gasteiger partial charge in [-0.15, -0.1) is 0 Å². The van der Waals surface area contributed by atoms with Crippen molar-refractivity contribution in [2.24, 2.45) is 5.73 Å². The molecule has 0 aliphatic carbocycles. The Balaban J connectivity index is 2.24. The van der Waals surface area contributed by atoms with Gasteiger partial charge in [-0.05, 0) is 51.3 Å². The first-order valence-electron chi connectivity index (χ1n) is 7.46. The summed E-state index contributed by atoms with van der Waals surface area (Å²) in [6.45, 7) is 9.95. The van der Waals surface area contributed by atoms with Crippen molar-refractivity contribution in [1.29, 1.82) is 0 Å². The van der Waals surface area contributed by atoms with Gasteiger partial charge in [0.2, 0.25) is 11.9 Å². The fourth-order valence-corrected chi connectivity index (χ4v) is 2.61. The molecule has 5 heteroatoms.